The van der Waals surface area contributed by atoms with Gasteiger partial charge in [0.1, 0.15) is 11.5 Å². The number of hydrogen-bond donors (Lipinski definition) is 1. The van der Waals surface area contributed by atoms with E-state index in [2.05, 4.69) is 14.4 Å². The van der Waals surface area contributed by atoms with Crippen LogP contribution in [0.1, 0.15) is 30.1 Å². The number of rotatable bonds is 10. The molecule has 1 saturated heterocycles. The normalized spacial score (nSPS) is 17.2. The van der Waals surface area contributed by atoms with Gasteiger partial charge >= 0.3 is 6.36 Å². The van der Waals surface area contributed by atoms with Gasteiger partial charge < -0.3 is 14.4 Å². The molecule has 11 heteroatoms. The van der Waals surface area contributed by atoms with Crippen molar-refractivity contribution in [1.29, 1.82) is 0 Å². The zero-order valence-electron chi connectivity index (χ0n) is 18.0. The SMILES string of the molecule is CC(=O)c1ccc(OCCCN2CCC(NS(=O)(=O)c3ccc(OC(F)(F)F)cc3)C2)cc1. The van der Waals surface area contributed by atoms with Gasteiger partial charge in [0, 0.05) is 24.7 Å². The maximum Gasteiger partial charge on any atom is 0.573 e. The van der Waals surface area contributed by atoms with E-state index in [1.165, 1.54) is 6.92 Å². The highest BCUT2D eigenvalue weighted by Gasteiger charge is 2.31. The molecule has 0 radical (unpaired) electrons. The van der Waals surface area contributed by atoms with Gasteiger partial charge in [-0.05, 0) is 74.8 Å². The number of ether oxygens (including phenoxy) is 2. The molecular formula is C22H25F3N2O5S. The van der Waals surface area contributed by atoms with Crippen molar-refractivity contribution in [3.05, 3.63) is 54.1 Å². The number of hydrogen-bond acceptors (Lipinski definition) is 6. The molecule has 1 unspecified atom stereocenters. The zero-order valence-corrected chi connectivity index (χ0v) is 18.8. The number of halogens is 3. The number of alkyl halides is 3. The summed E-state index contributed by atoms with van der Waals surface area (Å²) in [5.74, 6) is 0.192. The molecule has 1 N–H and O–H groups in total. The molecule has 1 aliphatic rings. The predicted octanol–water partition coefficient (Wildman–Crippen LogP) is 3.61. The average molecular weight is 487 g/mol. The summed E-state index contributed by atoms with van der Waals surface area (Å²) in [5.41, 5.74) is 0.624. The number of carbonyl (C=O) groups is 1. The molecule has 3 rings (SSSR count). The van der Waals surface area contributed by atoms with Crippen LogP contribution in [0.2, 0.25) is 0 Å². The monoisotopic (exact) mass is 486 g/mol. The first-order valence-electron chi connectivity index (χ1n) is 10.4. The van der Waals surface area contributed by atoms with Crippen LogP contribution in [-0.4, -0.2) is 57.7 Å². The van der Waals surface area contributed by atoms with E-state index in [9.17, 15) is 26.4 Å². The number of ketones is 1. The molecule has 180 valence electrons. The number of nitrogens with one attached hydrogen (secondary N) is 1. The van der Waals surface area contributed by atoms with E-state index >= 15 is 0 Å². The highest BCUT2D eigenvalue weighted by molar-refractivity contribution is 7.89. The Kier molecular flexibility index (Phi) is 7.98. The van der Waals surface area contributed by atoms with Crippen LogP contribution in [0, 0.1) is 0 Å². The van der Waals surface area contributed by atoms with Gasteiger partial charge in [-0.25, -0.2) is 13.1 Å². The lowest BCUT2D eigenvalue weighted by molar-refractivity contribution is -0.274. The van der Waals surface area contributed by atoms with Crippen LogP contribution in [0.4, 0.5) is 13.2 Å². The van der Waals surface area contributed by atoms with Gasteiger partial charge in [-0.15, -0.1) is 13.2 Å². The molecule has 1 fully saturated rings. The van der Waals surface area contributed by atoms with Crippen molar-refractivity contribution in [2.45, 2.75) is 37.1 Å². The van der Waals surface area contributed by atoms with Crippen LogP contribution in [0.25, 0.3) is 0 Å². The Balaban J connectivity index is 1.41. The summed E-state index contributed by atoms with van der Waals surface area (Å²) in [4.78, 5) is 13.3. The quantitative estimate of drug-likeness (QED) is 0.408. The molecule has 2 aromatic carbocycles. The Labute approximate surface area is 190 Å². The molecule has 1 atom stereocenters. The predicted molar refractivity (Wildman–Crippen MR) is 115 cm³/mol. The molecule has 7 nitrogen and oxygen atoms in total. The van der Waals surface area contributed by atoms with Crippen molar-refractivity contribution in [3.63, 3.8) is 0 Å². The van der Waals surface area contributed by atoms with Crippen LogP contribution < -0.4 is 14.2 Å². The van der Waals surface area contributed by atoms with Crippen molar-refractivity contribution in [3.8, 4) is 11.5 Å². The van der Waals surface area contributed by atoms with Crippen LogP contribution in [0.5, 0.6) is 11.5 Å². The zero-order chi connectivity index (χ0) is 24.1. The van der Waals surface area contributed by atoms with E-state index in [0.29, 0.717) is 30.9 Å². The Hall–Kier alpha value is -2.63. The topological polar surface area (TPSA) is 84.9 Å². The van der Waals surface area contributed by atoms with E-state index < -0.39 is 22.1 Å². The second kappa shape index (κ2) is 10.5. The maximum absolute atomic E-state index is 12.5. The lowest BCUT2D eigenvalue weighted by Crippen LogP contribution is -2.37. The standard InChI is InChI=1S/C22H25F3N2O5S/c1-16(28)17-3-5-19(6-4-17)31-14-2-12-27-13-11-18(15-27)26-33(29,30)21-9-7-20(8-10-21)32-22(23,24)25/h3-10,18,26H,2,11-15H2,1H3. The first kappa shape index (κ1) is 25.0. The minimum atomic E-state index is -4.84. The minimum Gasteiger partial charge on any atom is -0.494 e. The van der Waals surface area contributed by atoms with E-state index in [4.69, 9.17) is 4.74 Å². The largest absolute Gasteiger partial charge is 0.573 e. The van der Waals surface area contributed by atoms with Crippen LogP contribution in [-0.2, 0) is 10.0 Å². The van der Waals surface area contributed by atoms with Crippen LogP contribution in [0.15, 0.2) is 53.4 Å². The van der Waals surface area contributed by atoms with Gasteiger partial charge in [-0.2, -0.15) is 0 Å². The van der Waals surface area contributed by atoms with Crippen LogP contribution in [0.3, 0.4) is 0 Å². The molecule has 0 bridgehead atoms. The van der Waals surface area contributed by atoms with Gasteiger partial charge in [0.15, 0.2) is 5.78 Å². The molecule has 0 amide bonds. The van der Waals surface area contributed by atoms with Crippen molar-refractivity contribution in [1.82, 2.24) is 9.62 Å². The second-order valence-corrected chi connectivity index (χ2v) is 9.42. The number of carbonyl (C=O) groups excluding carboxylic acids is 1. The summed E-state index contributed by atoms with van der Waals surface area (Å²) in [6.07, 6.45) is -3.46. The second-order valence-electron chi connectivity index (χ2n) is 7.71. The van der Waals surface area contributed by atoms with E-state index in [1.54, 1.807) is 24.3 Å². The third-order valence-corrected chi connectivity index (χ3v) is 6.65. The number of likely N-dealkylation sites (tertiary alicyclic amines) is 1. The van der Waals surface area contributed by atoms with Crippen molar-refractivity contribution >= 4 is 15.8 Å². The first-order valence-corrected chi connectivity index (χ1v) is 11.8. The highest BCUT2D eigenvalue weighted by Crippen LogP contribution is 2.24. The smallest absolute Gasteiger partial charge is 0.494 e. The lowest BCUT2D eigenvalue weighted by atomic mass is 10.1. The van der Waals surface area contributed by atoms with Crippen LogP contribution >= 0.6 is 0 Å². The minimum absolute atomic E-state index is 0.00625. The summed E-state index contributed by atoms with van der Waals surface area (Å²) < 4.78 is 73.9. The number of Topliss-reactive ketones (excluding diaryl/α,β-unsaturated/α-hetero) is 1. The van der Waals surface area contributed by atoms with Crippen molar-refractivity contribution < 1.29 is 35.9 Å². The van der Waals surface area contributed by atoms with Gasteiger partial charge in [-0.3, -0.25) is 4.79 Å². The summed E-state index contributed by atoms with van der Waals surface area (Å²) in [7, 11) is -3.86. The molecule has 1 aliphatic heterocycles. The third kappa shape index (κ3) is 7.72. The number of sulfonamides is 1. The molecule has 0 saturated carbocycles. The lowest BCUT2D eigenvalue weighted by Gasteiger charge is -2.17. The Morgan fingerprint density at radius 2 is 1.73 bits per heavy atom. The molecular weight excluding hydrogens is 461 g/mol. The Bertz CT molecular complexity index is 1040. The van der Waals surface area contributed by atoms with E-state index in [-0.39, 0.29) is 16.7 Å². The average Bonchev–Trinajstić information content (AvgIpc) is 3.17. The Morgan fingerprint density at radius 3 is 2.33 bits per heavy atom. The molecule has 0 aromatic heterocycles. The maximum atomic E-state index is 12.5. The van der Waals surface area contributed by atoms with Gasteiger partial charge in [-0.1, -0.05) is 0 Å². The number of nitrogens with zero attached hydrogens (tertiary/aromatic N) is 1. The fourth-order valence-corrected chi connectivity index (χ4v) is 4.77. The molecule has 33 heavy (non-hydrogen) atoms. The number of benzene rings is 2. The van der Waals surface area contributed by atoms with E-state index in [1.807, 2.05) is 0 Å². The van der Waals surface area contributed by atoms with E-state index in [0.717, 1.165) is 43.8 Å². The Morgan fingerprint density at radius 1 is 1.09 bits per heavy atom. The molecule has 2 aromatic rings. The van der Waals surface area contributed by atoms with Gasteiger partial charge in [0.05, 0.1) is 11.5 Å². The fraction of sp³-hybridized carbons (Fsp3) is 0.409. The fourth-order valence-electron chi connectivity index (χ4n) is 3.50. The summed E-state index contributed by atoms with van der Waals surface area (Å²) in [6.45, 7) is 3.97. The van der Waals surface area contributed by atoms with Gasteiger partial charge in [0.2, 0.25) is 10.0 Å². The summed E-state index contributed by atoms with van der Waals surface area (Å²) >= 11 is 0. The highest BCUT2D eigenvalue weighted by atomic mass is 32.2. The summed E-state index contributed by atoms with van der Waals surface area (Å²) in [5, 5.41) is 0. The molecule has 0 spiro atoms. The summed E-state index contributed by atoms with van der Waals surface area (Å²) in [6, 6.07) is 10.7. The van der Waals surface area contributed by atoms with Gasteiger partial charge in [0.25, 0.3) is 0 Å². The third-order valence-electron chi connectivity index (χ3n) is 5.11. The first-order chi connectivity index (χ1) is 15.5. The molecule has 1 heterocycles. The molecule has 0 aliphatic carbocycles. The van der Waals surface area contributed by atoms with Crippen molar-refractivity contribution in [2.75, 3.05) is 26.2 Å². The van der Waals surface area contributed by atoms with Crippen molar-refractivity contribution in [2.24, 2.45) is 0 Å².